The molecule has 0 saturated heterocycles. The van der Waals surface area contributed by atoms with Crippen LogP contribution in [0.1, 0.15) is 13.8 Å². The minimum Gasteiger partial charge on any atom is -0.497 e. The van der Waals surface area contributed by atoms with E-state index >= 15 is 0 Å². The Labute approximate surface area is 126 Å². The van der Waals surface area contributed by atoms with E-state index in [0.717, 1.165) is 0 Å². The van der Waals surface area contributed by atoms with Crippen LogP contribution in [0.4, 0.5) is 0 Å². The molecule has 0 aliphatic heterocycles. The van der Waals surface area contributed by atoms with Crippen molar-refractivity contribution in [3.8, 4) is 11.5 Å². The van der Waals surface area contributed by atoms with Crippen LogP contribution < -0.4 is 15.2 Å². The van der Waals surface area contributed by atoms with Gasteiger partial charge in [-0.05, 0) is 24.1 Å². The van der Waals surface area contributed by atoms with E-state index in [1.54, 1.807) is 12.1 Å². The van der Waals surface area contributed by atoms with Crippen LogP contribution in [0, 0.1) is 5.41 Å². The number of rotatable bonds is 7. The third kappa shape index (κ3) is 4.09. The summed E-state index contributed by atoms with van der Waals surface area (Å²) in [6.07, 6.45) is 0. The third-order valence-corrected chi connectivity index (χ3v) is 5.09. The van der Waals surface area contributed by atoms with Crippen molar-refractivity contribution in [3.05, 3.63) is 18.2 Å². The Kier molecular flexibility index (Phi) is 5.61. The van der Waals surface area contributed by atoms with Gasteiger partial charge in [0.05, 0.1) is 14.2 Å². The minimum absolute atomic E-state index is 0.0830. The molecule has 0 aliphatic carbocycles. The fourth-order valence-corrected chi connectivity index (χ4v) is 3.43. The van der Waals surface area contributed by atoms with E-state index in [1.807, 2.05) is 13.8 Å². The Hall–Kier alpha value is -1.31. The van der Waals surface area contributed by atoms with E-state index in [4.69, 9.17) is 15.2 Å². The molecule has 0 bridgehead atoms. The summed E-state index contributed by atoms with van der Waals surface area (Å²) < 4.78 is 37.0. The predicted molar refractivity (Wildman–Crippen MR) is 82.2 cm³/mol. The monoisotopic (exact) mass is 316 g/mol. The fraction of sp³-hybridized carbons (Fsp3) is 0.571. The molecule has 0 fully saturated rings. The van der Waals surface area contributed by atoms with Crippen molar-refractivity contribution in [2.24, 2.45) is 11.1 Å². The molecular weight excluding hydrogens is 292 g/mol. The van der Waals surface area contributed by atoms with Crippen molar-refractivity contribution in [1.82, 2.24) is 4.31 Å². The van der Waals surface area contributed by atoms with Crippen LogP contribution in [-0.2, 0) is 10.0 Å². The highest BCUT2D eigenvalue weighted by atomic mass is 32.2. The van der Waals surface area contributed by atoms with Crippen molar-refractivity contribution in [2.75, 3.05) is 34.4 Å². The second-order valence-corrected chi connectivity index (χ2v) is 7.66. The molecule has 0 amide bonds. The van der Waals surface area contributed by atoms with Gasteiger partial charge in [0.25, 0.3) is 0 Å². The molecule has 0 spiro atoms. The summed E-state index contributed by atoms with van der Waals surface area (Å²) in [5.41, 5.74) is 5.36. The average molecular weight is 316 g/mol. The minimum atomic E-state index is -3.68. The van der Waals surface area contributed by atoms with Crippen LogP contribution in [0.2, 0.25) is 0 Å². The molecule has 2 N–H and O–H groups in total. The molecule has 1 aromatic rings. The first-order valence-electron chi connectivity index (χ1n) is 6.56. The van der Waals surface area contributed by atoms with Gasteiger partial charge in [0.2, 0.25) is 10.0 Å². The molecule has 0 saturated carbocycles. The van der Waals surface area contributed by atoms with Crippen LogP contribution in [0.15, 0.2) is 23.1 Å². The largest absolute Gasteiger partial charge is 0.497 e. The lowest BCUT2D eigenvalue weighted by atomic mass is 9.94. The maximum atomic E-state index is 12.7. The maximum Gasteiger partial charge on any atom is 0.246 e. The highest BCUT2D eigenvalue weighted by Crippen LogP contribution is 2.31. The zero-order chi connectivity index (χ0) is 16.3. The van der Waals surface area contributed by atoms with Crippen LogP contribution in [0.5, 0.6) is 11.5 Å². The number of nitrogens with two attached hydrogens (primary N) is 1. The number of nitrogens with zero attached hydrogens (tertiary/aromatic N) is 1. The van der Waals surface area contributed by atoms with Crippen molar-refractivity contribution in [2.45, 2.75) is 18.7 Å². The second-order valence-electron chi connectivity index (χ2n) is 5.65. The zero-order valence-electron chi connectivity index (χ0n) is 13.2. The van der Waals surface area contributed by atoms with Crippen molar-refractivity contribution in [3.63, 3.8) is 0 Å². The molecule has 0 radical (unpaired) electrons. The lowest BCUT2D eigenvalue weighted by molar-refractivity contribution is 0.291. The lowest BCUT2D eigenvalue weighted by Crippen LogP contribution is -2.39. The third-order valence-electron chi connectivity index (χ3n) is 3.26. The SMILES string of the molecule is COc1ccc(OC)c(S(=O)(=O)N(C)CC(C)(C)CN)c1. The Bertz CT molecular complexity index is 585. The summed E-state index contributed by atoms with van der Waals surface area (Å²) in [5, 5.41) is 0. The van der Waals surface area contributed by atoms with Crippen LogP contribution >= 0.6 is 0 Å². The molecule has 0 unspecified atom stereocenters. The second kappa shape index (κ2) is 6.64. The lowest BCUT2D eigenvalue weighted by Gasteiger charge is -2.28. The van der Waals surface area contributed by atoms with Gasteiger partial charge in [-0.15, -0.1) is 0 Å². The quantitative estimate of drug-likeness (QED) is 0.820. The summed E-state index contributed by atoms with van der Waals surface area (Å²) in [4.78, 5) is 0.0830. The Morgan fingerprint density at radius 3 is 2.33 bits per heavy atom. The van der Waals surface area contributed by atoms with Gasteiger partial charge in [0.15, 0.2) is 0 Å². The Balaban J connectivity index is 3.23. The molecule has 7 heteroatoms. The first-order valence-corrected chi connectivity index (χ1v) is 8.00. The molecule has 0 aliphatic rings. The number of sulfonamides is 1. The summed E-state index contributed by atoms with van der Waals surface area (Å²) in [6.45, 7) is 4.54. The first kappa shape index (κ1) is 17.7. The molecule has 21 heavy (non-hydrogen) atoms. The molecule has 0 atom stereocenters. The van der Waals surface area contributed by atoms with E-state index in [-0.39, 0.29) is 16.1 Å². The molecule has 1 rings (SSSR count). The molecule has 120 valence electrons. The van der Waals surface area contributed by atoms with Gasteiger partial charge in [-0.3, -0.25) is 0 Å². The van der Waals surface area contributed by atoms with E-state index in [0.29, 0.717) is 18.8 Å². The van der Waals surface area contributed by atoms with Gasteiger partial charge in [-0.1, -0.05) is 13.8 Å². The van der Waals surface area contributed by atoms with Crippen LogP contribution in [0.25, 0.3) is 0 Å². The van der Waals surface area contributed by atoms with E-state index in [1.165, 1.54) is 31.6 Å². The highest BCUT2D eigenvalue weighted by Gasteiger charge is 2.29. The molecular formula is C14H24N2O4S. The van der Waals surface area contributed by atoms with Crippen molar-refractivity contribution >= 4 is 10.0 Å². The van der Waals surface area contributed by atoms with E-state index in [9.17, 15) is 8.42 Å². The van der Waals surface area contributed by atoms with E-state index < -0.39 is 10.0 Å². The molecule has 0 aromatic heterocycles. The number of hydrogen-bond acceptors (Lipinski definition) is 5. The van der Waals surface area contributed by atoms with Crippen molar-refractivity contribution in [1.29, 1.82) is 0 Å². The van der Waals surface area contributed by atoms with Crippen LogP contribution in [-0.4, -0.2) is 47.1 Å². The molecule has 0 heterocycles. The van der Waals surface area contributed by atoms with Gasteiger partial charge < -0.3 is 15.2 Å². The van der Waals surface area contributed by atoms with Gasteiger partial charge >= 0.3 is 0 Å². The van der Waals surface area contributed by atoms with Gasteiger partial charge in [-0.2, -0.15) is 0 Å². The predicted octanol–water partition coefficient (Wildman–Crippen LogP) is 1.31. The number of benzene rings is 1. The first-order chi connectivity index (χ1) is 9.67. The number of ether oxygens (including phenoxy) is 2. The summed E-state index contributed by atoms with van der Waals surface area (Å²) in [7, 11) is 0.769. The van der Waals surface area contributed by atoms with Gasteiger partial charge in [-0.25, -0.2) is 12.7 Å². The maximum absolute atomic E-state index is 12.7. The number of hydrogen-bond donors (Lipinski definition) is 1. The standard InChI is InChI=1S/C14H24N2O4S/c1-14(2,9-15)10-16(3)21(17,18)13-8-11(19-4)6-7-12(13)20-5/h6-8H,9-10,15H2,1-5H3. The molecule has 1 aromatic carbocycles. The number of methoxy groups -OCH3 is 2. The Morgan fingerprint density at radius 1 is 1.24 bits per heavy atom. The Morgan fingerprint density at radius 2 is 1.86 bits per heavy atom. The normalized spacial score (nSPS) is 12.5. The summed E-state index contributed by atoms with van der Waals surface area (Å²) in [5.74, 6) is 0.745. The smallest absolute Gasteiger partial charge is 0.246 e. The summed E-state index contributed by atoms with van der Waals surface area (Å²) >= 11 is 0. The van der Waals surface area contributed by atoms with Crippen molar-refractivity contribution < 1.29 is 17.9 Å². The average Bonchev–Trinajstić information content (AvgIpc) is 2.45. The van der Waals surface area contributed by atoms with Gasteiger partial charge in [0, 0.05) is 19.7 Å². The summed E-state index contributed by atoms with van der Waals surface area (Å²) in [6, 6.07) is 4.69. The molecule has 6 nitrogen and oxygen atoms in total. The fourth-order valence-electron chi connectivity index (χ4n) is 1.91. The zero-order valence-corrected chi connectivity index (χ0v) is 14.0. The van der Waals surface area contributed by atoms with Gasteiger partial charge in [0.1, 0.15) is 16.4 Å². The van der Waals surface area contributed by atoms with Crippen LogP contribution in [0.3, 0.4) is 0 Å². The topological polar surface area (TPSA) is 81.9 Å². The van der Waals surface area contributed by atoms with E-state index in [2.05, 4.69) is 0 Å². The highest BCUT2D eigenvalue weighted by molar-refractivity contribution is 7.89.